The lowest BCUT2D eigenvalue weighted by Crippen LogP contribution is -2.57. The normalized spacial score (nSPS) is 30.2. The Morgan fingerprint density at radius 3 is 2.57 bits per heavy atom. The summed E-state index contributed by atoms with van der Waals surface area (Å²) in [5.74, 6) is -2.85. The number of aliphatic hydroxyl groups excluding tert-OH is 1. The van der Waals surface area contributed by atoms with Crippen molar-refractivity contribution in [3.05, 3.63) is 61.2 Å². The SMILES string of the molecule is C=CCCCCOC(=O)[C@H]1[C@H]2C(=O)N([C@H](CO)c3ccccc3)C(C(=O)N(CC=C)CCCCC)C23CC(C)[C@]1(C)O3. The third-order valence-electron chi connectivity index (χ3n) is 9.67. The van der Waals surface area contributed by atoms with Gasteiger partial charge in [-0.2, -0.15) is 0 Å². The van der Waals surface area contributed by atoms with Crippen LogP contribution in [0.1, 0.15) is 77.3 Å². The van der Waals surface area contributed by atoms with Gasteiger partial charge in [-0.15, -0.1) is 13.2 Å². The number of benzene rings is 1. The van der Waals surface area contributed by atoms with Gasteiger partial charge < -0.3 is 24.4 Å². The van der Waals surface area contributed by atoms with Crippen LogP contribution in [0.3, 0.4) is 0 Å². The number of aliphatic hydroxyl groups is 1. The lowest BCUT2D eigenvalue weighted by molar-refractivity contribution is -0.164. The number of nitrogens with zero attached hydrogens (tertiary/aromatic N) is 2. The molecule has 1 spiro atoms. The topological polar surface area (TPSA) is 96.4 Å². The smallest absolute Gasteiger partial charge is 0.312 e. The highest BCUT2D eigenvalue weighted by atomic mass is 16.6. The molecule has 0 aromatic heterocycles. The molecule has 1 aromatic carbocycles. The van der Waals surface area contributed by atoms with Gasteiger partial charge in [0.25, 0.3) is 0 Å². The van der Waals surface area contributed by atoms with Crippen molar-refractivity contribution in [2.24, 2.45) is 17.8 Å². The van der Waals surface area contributed by atoms with Crippen LogP contribution in [0.25, 0.3) is 0 Å². The monoisotopic (exact) mass is 580 g/mol. The van der Waals surface area contributed by atoms with E-state index in [9.17, 15) is 19.5 Å². The van der Waals surface area contributed by atoms with Gasteiger partial charge in [-0.3, -0.25) is 14.4 Å². The van der Waals surface area contributed by atoms with Crippen molar-refractivity contribution in [1.82, 2.24) is 9.80 Å². The number of ether oxygens (including phenoxy) is 2. The van der Waals surface area contributed by atoms with Gasteiger partial charge in [-0.05, 0) is 50.5 Å². The van der Waals surface area contributed by atoms with Crippen LogP contribution in [0.2, 0.25) is 0 Å². The highest BCUT2D eigenvalue weighted by molar-refractivity contribution is 5.99. The van der Waals surface area contributed by atoms with E-state index in [4.69, 9.17) is 9.47 Å². The summed E-state index contributed by atoms with van der Waals surface area (Å²) in [5.41, 5.74) is -1.43. The third kappa shape index (κ3) is 5.55. The van der Waals surface area contributed by atoms with E-state index in [1.807, 2.05) is 50.3 Å². The Morgan fingerprint density at radius 1 is 1.19 bits per heavy atom. The fourth-order valence-electron chi connectivity index (χ4n) is 7.51. The zero-order chi connectivity index (χ0) is 30.5. The number of unbranched alkanes of at least 4 members (excludes halogenated alkanes) is 4. The Morgan fingerprint density at radius 2 is 1.93 bits per heavy atom. The summed E-state index contributed by atoms with van der Waals surface area (Å²) < 4.78 is 12.6. The lowest BCUT2D eigenvalue weighted by Gasteiger charge is -2.39. The number of carbonyl (C=O) groups is 3. The Kier molecular flexibility index (Phi) is 10.3. The van der Waals surface area contributed by atoms with Crippen LogP contribution in [0.5, 0.6) is 0 Å². The van der Waals surface area contributed by atoms with Gasteiger partial charge >= 0.3 is 5.97 Å². The summed E-state index contributed by atoms with van der Waals surface area (Å²) in [6.07, 6.45) is 9.19. The molecule has 230 valence electrons. The highest BCUT2D eigenvalue weighted by Gasteiger charge is 2.80. The fourth-order valence-corrected chi connectivity index (χ4v) is 7.51. The summed E-state index contributed by atoms with van der Waals surface area (Å²) in [5, 5.41) is 10.7. The first-order chi connectivity index (χ1) is 20.2. The minimum Gasteiger partial charge on any atom is -0.465 e. The van der Waals surface area contributed by atoms with Gasteiger partial charge in [-0.1, -0.05) is 69.2 Å². The van der Waals surface area contributed by atoms with E-state index < -0.39 is 41.1 Å². The largest absolute Gasteiger partial charge is 0.465 e. The zero-order valence-electron chi connectivity index (χ0n) is 25.5. The quantitative estimate of drug-likeness (QED) is 0.171. The average molecular weight is 581 g/mol. The molecule has 3 unspecified atom stereocenters. The first-order valence-corrected chi connectivity index (χ1v) is 15.6. The number of carbonyl (C=O) groups excluding carboxylic acids is 3. The Bertz CT molecular complexity index is 1140. The summed E-state index contributed by atoms with van der Waals surface area (Å²) in [6.45, 7) is 14.4. The van der Waals surface area contributed by atoms with E-state index in [0.29, 0.717) is 25.9 Å². The van der Waals surface area contributed by atoms with Crippen molar-refractivity contribution in [1.29, 1.82) is 0 Å². The highest BCUT2D eigenvalue weighted by Crippen LogP contribution is 2.66. The Labute approximate surface area is 250 Å². The standard InChI is InChI=1S/C34H48N2O6/c1-6-9-11-16-21-41-32(40)28-27-30(38)36(26(23-37)25-17-13-12-14-18-25)29(34(27)22-24(4)33(28,5)42-34)31(39)35(19-8-3)20-15-10-7-2/h6,8,12-14,17-18,24,26-29,37H,1,3,7,9-11,15-16,19-23H2,2,4-5H3/t24?,26-,27+,28-,29?,33+,34?/m1/s1. The van der Waals surface area contributed by atoms with Crippen molar-refractivity contribution in [3.8, 4) is 0 Å². The van der Waals surface area contributed by atoms with Crippen LogP contribution < -0.4 is 0 Å². The summed E-state index contributed by atoms with van der Waals surface area (Å²) >= 11 is 0. The maximum absolute atomic E-state index is 14.6. The molecule has 0 saturated carbocycles. The molecule has 4 rings (SSSR count). The lowest BCUT2D eigenvalue weighted by atomic mass is 9.62. The molecule has 3 heterocycles. The maximum atomic E-state index is 14.6. The van der Waals surface area contributed by atoms with Crippen LogP contribution in [0, 0.1) is 17.8 Å². The number of hydrogen-bond acceptors (Lipinski definition) is 6. The molecule has 7 atom stereocenters. The first-order valence-electron chi connectivity index (χ1n) is 15.6. The molecule has 8 nitrogen and oxygen atoms in total. The molecule has 3 saturated heterocycles. The fraction of sp³-hybridized carbons (Fsp3) is 0.618. The molecular weight excluding hydrogens is 532 g/mol. The molecular formula is C34H48N2O6. The number of hydrogen-bond donors (Lipinski definition) is 1. The summed E-state index contributed by atoms with van der Waals surface area (Å²) in [7, 11) is 0. The van der Waals surface area contributed by atoms with Crippen LogP contribution in [0.15, 0.2) is 55.6 Å². The molecule has 2 amide bonds. The van der Waals surface area contributed by atoms with E-state index in [1.165, 1.54) is 4.90 Å². The number of allylic oxidation sites excluding steroid dienone is 1. The van der Waals surface area contributed by atoms with Crippen molar-refractivity contribution in [2.45, 2.75) is 89.0 Å². The van der Waals surface area contributed by atoms with Crippen molar-refractivity contribution in [3.63, 3.8) is 0 Å². The van der Waals surface area contributed by atoms with Gasteiger partial charge in [0.1, 0.15) is 17.6 Å². The van der Waals surface area contributed by atoms with Crippen LogP contribution in [0.4, 0.5) is 0 Å². The molecule has 0 aliphatic carbocycles. The van der Waals surface area contributed by atoms with E-state index >= 15 is 0 Å². The van der Waals surface area contributed by atoms with Crippen molar-refractivity contribution in [2.75, 3.05) is 26.3 Å². The number of rotatable bonds is 16. The van der Waals surface area contributed by atoms with Crippen molar-refractivity contribution >= 4 is 17.8 Å². The predicted molar refractivity (Wildman–Crippen MR) is 161 cm³/mol. The van der Waals surface area contributed by atoms with E-state index in [0.717, 1.165) is 37.7 Å². The van der Waals surface area contributed by atoms with Crippen molar-refractivity contribution < 1.29 is 29.0 Å². The first kappa shape index (κ1) is 32.0. The van der Waals surface area contributed by atoms with E-state index in [-0.39, 0.29) is 30.9 Å². The Balaban J connectivity index is 1.77. The van der Waals surface area contributed by atoms with Gasteiger partial charge in [0, 0.05) is 13.1 Å². The molecule has 1 N–H and O–H groups in total. The second-order valence-electron chi connectivity index (χ2n) is 12.3. The third-order valence-corrected chi connectivity index (χ3v) is 9.67. The molecule has 42 heavy (non-hydrogen) atoms. The molecule has 3 aliphatic heterocycles. The Hall–Kier alpha value is -2.97. The van der Waals surface area contributed by atoms with Crippen LogP contribution in [-0.2, 0) is 23.9 Å². The second-order valence-corrected chi connectivity index (χ2v) is 12.3. The second kappa shape index (κ2) is 13.6. The predicted octanol–water partition coefficient (Wildman–Crippen LogP) is 4.84. The molecule has 3 aliphatic rings. The molecule has 0 radical (unpaired) electrons. The average Bonchev–Trinajstić information content (AvgIpc) is 3.50. The van der Waals surface area contributed by atoms with Crippen LogP contribution in [-0.4, -0.2) is 76.2 Å². The van der Waals surface area contributed by atoms with Gasteiger partial charge in [0.05, 0.1) is 30.8 Å². The molecule has 3 fully saturated rings. The summed E-state index contributed by atoms with van der Waals surface area (Å²) in [6, 6.07) is 7.50. The number of esters is 1. The molecule has 2 bridgehead atoms. The number of likely N-dealkylation sites (tertiary alicyclic amines) is 1. The minimum absolute atomic E-state index is 0.0904. The minimum atomic E-state index is -1.21. The van der Waals surface area contributed by atoms with E-state index in [2.05, 4.69) is 20.1 Å². The number of fused-ring (bicyclic) bond motifs is 1. The van der Waals surface area contributed by atoms with Crippen LogP contribution >= 0.6 is 0 Å². The maximum Gasteiger partial charge on any atom is 0.312 e. The molecule has 1 aromatic rings. The number of amides is 2. The molecule has 8 heteroatoms. The van der Waals surface area contributed by atoms with Gasteiger partial charge in [0.15, 0.2) is 0 Å². The summed E-state index contributed by atoms with van der Waals surface area (Å²) in [4.78, 5) is 46.3. The van der Waals surface area contributed by atoms with Gasteiger partial charge in [-0.25, -0.2) is 0 Å². The van der Waals surface area contributed by atoms with E-state index in [1.54, 1.807) is 11.0 Å². The zero-order valence-corrected chi connectivity index (χ0v) is 25.5. The van der Waals surface area contributed by atoms with Gasteiger partial charge in [0.2, 0.25) is 11.8 Å².